The van der Waals surface area contributed by atoms with E-state index in [4.69, 9.17) is 0 Å². The van der Waals surface area contributed by atoms with Gasteiger partial charge < -0.3 is 0 Å². The highest BCUT2D eigenvalue weighted by molar-refractivity contribution is 9.13. The van der Waals surface area contributed by atoms with Crippen LogP contribution in [0.4, 0.5) is 0 Å². The van der Waals surface area contributed by atoms with Gasteiger partial charge in [0.05, 0.1) is 0 Å². The summed E-state index contributed by atoms with van der Waals surface area (Å²) in [5.74, 6) is -0.0590. The highest BCUT2D eigenvalue weighted by Gasteiger charge is 2.08. The average Bonchev–Trinajstić information content (AvgIpc) is 2.09. The molecule has 0 spiro atoms. The highest BCUT2D eigenvalue weighted by Crippen LogP contribution is 2.27. The van der Waals surface area contributed by atoms with E-state index < -0.39 is 0 Å². The average molecular weight is 306 g/mol. The highest BCUT2D eigenvalue weighted by atomic mass is 79.9. The van der Waals surface area contributed by atoms with Gasteiger partial charge in [-0.2, -0.15) is 0 Å². The van der Waals surface area contributed by atoms with Gasteiger partial charge in [-0.25, -0.2) is 0 Å². The van der Waals surface area contributed by atoms with Crippen molar-refractivity contribution in [2.75, 3.05) is 0 Å². The summed E-state index contributed by atoms with van der Waals surface area (Å²) in [6.45, 7) is 1.46. The molecule has 2 nitrogen and oxygen atoms in total. The Hall–Kier alpha value is -0.480. The van der Waals surface area contributed by atoms with Gasteiger partial charge in [0, 0.05) is 20.1 Å². The van der Waals surface area contributed by atoms with Crippen molar-refractivity contribution >= 4 is 43.9 Å². The largest absolute Gasteiger partial charge is 0.298 e. The second-order valence-electron chi connectivity index (χ2n) is 2.54. The molecule has 0 bridgehead atoms. The maximum atomic E-state index is 11.0. The van der Waals surface area contributed by atoms with Gasteiger partial charge in [0.1, 0.15) is 0 Å². The van der Waals surface area contributed by atoms with Crippen LogP contribution < -0.4 is 0 Å². The normalized spacial score (nSPS) is 9.77. The molecule has 68 valence electrons. The molecule has 0 unspecified atom stereocenters. The molecule has 0 aliphatic heterocycles. The van der Waals surface area contributed by atoms with Crippen molar-refractivity contribution in [2.24, 2.45) is 0 Å². The van der Waals surface area contributed by atoms with E-state index in [1.165, 1.54) is 6.92 Å². The lowest BCUT2D eigenvalue weighted by atomic mass is 10.1. The summed E-state index contributed by atoms with van der Waals surface area (Å²) >= 11 is 6.48. The van der Waals surface area contributed by atoms with E-state index >= 15 is 0 Å². The predicted octanol–water partition coefficient (Wildman–Crippen LogP) is 3.23. The first kappa shape index (κ1) is 10.6. The first-order valence-electron chi connectivity index (χ1n) is 3.51. The third kappa shape index (κ3) is 2.25. The number of carbonyl (C=O) groups is 2. The third-order valence-electron chi connectivity index (χ3n) is 1.59. The Balaban J connectivity index is 3.38. The Morgan fingerprint density at radius 2 is 2.00 bits per heavy atom. The molecule has 0 aromatic heterocycles. The molecule has 0 heterocycles. The molecular weight excluding hydrogens is 300 g/mol. The summed E-state index contributed by atoms with van der Waals surface area (Å²) in [5.41, 5.74) is 0.997. The van der Waals surface area contributed by atoms with Crippen molar-refractivity contribution in [2.45, 2.75) is 6.92 Å². The zero-order valence-corrected chi connectivity index (χ0v) is 9.98. The van der Waals surface area contributed by atoms with Gasteiger partial charge in [-0.15, -0.1) is 0 Å². The van der Waals surface area contributed by atoms with E-state index in [0.29, 0.717) is 26.4 Å². The maximum absolute atomic E-state index is 11.0. The van der Waals surface area contributed by atoms with Crippen molar-refractivity contribution in [1.29, 1.82) is 0 Å². The topological polar surface area (TPSA) is 34.1 Å². The zero-order chi connectivity index (χ0) is 10.0. The minimum absolute atomic E-state index is 0.0590. The fraction of sp³-hybridized carbons (Fsp3) is 0.111. The van der Waals surface area contributed by atoms with Crippen molar-refractivity contribution in [3.05, 3.63) is 32.2 Å². The minimum atomic E-state index is -0.0590. The quantitative estimate of drug-likeness (QED) is 0.621. The van der Waals surface area contributed by atoms with Crippen LogP contribution in [-0.4, -0.2) is 12.1 Å². The number of rotatable bonds is 2. The molecule has 0 fully saturated rings. The Bertz CT molecular complexity index is 372. The van der Waals surface area contributed by atoms with Crippen LogP contribution in [0, 0.1) is 0 Å². The summed E-state index contributed by atoms with van der Waals surface area (Å²) in [6, 6.07) is 3.24. The van der Waals surface area contributed by atoms with Gasteiger partial charge in [-0.3, -0.25) is 9.59 Å². The van der Waals surface area contributed by atoms with Gasteiger partial charge in [0.2, 0.25) is 0 Å². The van der Waals surface area contributed by atoms with Crippen LogP contribution >= 0.6 is 31.9 Å². The zero-order valence-electron chi connectivity index (χ0n) is 6.80. The first-order chi connectivity index (χ1) is 6.06. The molecule has 4 heteroatoms. The second kappa shape index (κ2) is 4.15. The molecular formula is C9H6Br2O2. The van der Waals surface area contributed by atoms with Gasteiger partial charge in [0.15, 0.2) is 12.1 Å². The van der Waals surface area contributed by atoms with Crippen LogP contribution in [0.3, 0.4) is 0 Å². The van der Waals surface area contributed by atoms with Gasteiger partial charge >= 0.3 is 0 Å². The Labute approximate surface area is 92.6 Å². The lowest BCUT2D eigenvalue weighted by Gasteiger charge is -2.02. The number of carbonyl (C=O) groups excluding carboxylic acids is 2. The monoisotopic (exact) mass is 304 g/mol. The summed E-state index contributed by atoms with van der Waals surface area (Å²) < 4.78 is 1.38. The Morgan fingerprint density at radius 3 is 2.46 bits per heavy atom. The van der Waals surface area contributed by atoms with E-state index in [-0.39, 0.29) is 5.78 Å². The number of hydrogen-bond acceptors (Lipinski definition) is 2. The number of Topliss-reactive ketones (excluding diaryl/α,β-unsaturated/α-hetero) is 1. The molecule has 13 heavy (non-hydrogen) atoms. The fourth-order valence-electron chi connectivity index (χ4n) is 0.899. The van der Waals surface area contributed by atoms with E-state index in [9.17, 15) is 9.59 Å². The smallest absolute Gasteiger partial charge is 0.159 e. The van der Waals surface area contributed by atoms with Gasteiger partial charge in [0.25, 0.3) is 0 Å². The molecule has 0 saturated heterocycles. The summed E-state index contributed by atoms with van der Waals surface area (Å²) in [4.78, 5) is 21.6. The van der Waals surface area contributed by atoms with Crippen LogP contribution in [0.1, 0.15) is 27.6 Å². The molecule has 1 aromatic carbocycles. The molecule has 0 N–H and O–H groups in total. The molecule has 0 amide bonds. The standard InChI is InChI=1S/C9H6Br2O2/c1-5(13)6-2-7(4-12)9(11)8(10)3-6/h2-4H,1H3. The summed E-state index contributed by atoms with van der Waals surface area (Å²) in [5, 5.41) is 0. The molecule has 0 atom stereocenters. The van der Waals surface area contributed by atoms with E-state index in [2.05, 4.69) is 31.9 Å². The summed E-state index contributed by atoms with van der Waals surface area (Å²) in [6.07, 6.45) is 0.710. The second-order valence-corrected chi connectivity index (χ2v) is 4.18. The van der Waals surface area contributed by atoms with Crippen LogP contribution in [0.5, 0.6) is 0 Å². The van der Waals surface area contributed by atoms with Gasteiger partial charge in [-0.05, 0) is 50.9 Å². The van der Waals surface area contributed by atoms with Crippen molar-refractivity contribution in [3.63, 3.8) is 0 Å². The van der Waals surface area contributed by atoms with Crippen LogP contribution in [-0.2, 0) is 0 Å². The first-order valence-corrected chi connectivity index (χ1v) is 5.10. The summed E-state index contributed by atoms with van der Waals surface area (Å²) in [7, 11) is 0. The molecule has 1 rings (SSSR count). The lowest BCUT2D eigenvalue weighted by Crippen LogP contribution is -1.95. The number of ketones is 1. The number of halogens is 2. The van der Waals surface area contributed by atoms with E-state index in [1.807, 2.05) is 0 Å². The molecule has 0 aliphatic rings. The SMILES string of the molecule is CC(=O)c1cc(Br)c(Br)c(C=O)c1. The van der Waals surface area contributed by atoms with E-state index in [1.54, 1.807) is 12.1 Å². The molecule has 0 radical (unpaired) electrons. The molecule has 0 saturated carbocycles. The fourth-order valence-corrected chi connectivity index (χ4v) is 1.70. The van der Waals surface area contributed by atoms with Crippen molar-refractivity contribution < 1.29 is 9.59 Å². The predicted molar refractivity (Wildman–Crippen MR) is 57.2 cm³/mol. The number of benzene rings is 1. The van der Waals surface area contributed by atoms with Gasteiger partial charge in [-0.1, -0.05) is 0 Å². The van der Waals surface area contributed by atoms with Crippen LogP contribution in [0.2, 0.25) is 0 Å². The van der Waals surface area contributed by atoms with E-state index in [0.717, 1.165) is 0 Å². The lowest BCUT2D eigenvalue weighted by molar-refractivity contribution is 0.101. The third-order valence-corrected chi connectivity index (χ3v) is 3.63. The minimum Gasteiger partial charge on any atom is -0.298 e. The van der Waals surface area contributed by atoms with Crippen LogP contribution in [0.25, 0.3) is 0 Å². The maximum Gasteiger partial charge on any atom is 0.159 e. The van der Waals surface area contributed by atoms with Crippen LogP contribution in [0.15, 0.2) is 21.1 Å². The number of hydrogen-bond donors (Lipinski definition) is 0. The van der Waals surface area contributed by atoms with Crippen molar-refractivity contribution in [3.8, 4) is 0 Å². The Kier molecular flexibility index (Phi) is 3.39. The molecule has 1 aromatic rings. The molecule has 0 aliphatic carbocycles. The number of aldehydes is 1. The van der Waals surface area contributed by atoms with Crippen molar-refractivity contribution in [1.82, 2.24) is 0 Å². The Morgan fingerprint density at radius 1 is 1.38 bits per heavy atom.